The number of nitrogens with one attached hydrogen (secondary N) is 1. The lowest BCUT2D eigenvalue weighted by molar-refractivity contribution is 0.0449. The van der Waals surface area contributed by atoms with E-state index in [9.17, 15) is 0 Å². The lowest BCUT2D eigenvalue weighted by Crippen LogP contribution is -2.38. The Morgan fingerprint density at radius 1 is 1.53 bits per heavy atom. The Kier molecular flexibility index (Phi) is 2.32. The molecule has 17 heavy (non-hydrogen) atoms. The van der Waals surface area contributed by atoms with Gasteiger partial charge in [-0.1, -0.05) is 6.92 Å². The van der Waals surface area contributed by atoms with Gasteiger partial charge in [0.15, 0.2) is 5.82 Å². The second-order valence-electron chi connectivity index (χ2n) is 4.82. The van der Waals surface area contributed by atoms with Crippen molar-refractivity contribution in [2.75, 3.05) is 22.6 Å². The molecule has 6 nitrogen and oxygen atoms in total. The van der Waals surface area contributed by atoms with Gasteiger partial charge in [-0.15, -0.1) is 0 Å². The summed E-state index contributed by atoms with van der Waals surface area (Å²) in [7, 11) is 0. The molecule has 6 heteroatoms. The van der Waals surface area contributed by atoms with E-state index >= 15 is 0 Å². The SMILES string of the molecule is CC1C[C@H](C)C(N2CNc3cnc(N)nc32)O1. The first-order chi connectivity index (χ1) is 8.15. The smallest absolute Gasteiger partial charge is 0.222 e. The fourth-order valence-electron chi connectivity index (χ4n) is 2.63. The van der Waals surface area contributed by atoms with Crippen LogP contribution < -0.4 is 16.0 Å². The zero-order chi connectivity index (χ0) is 12.0. The molecule has 0 aromatic carbocycles. The quantitative estimate of drug-likeness (QED) is 0.757. The molecular formula is C11H17N5O. The molecule has 2 aliphatic heterocycles. The van der Waals surface area contributed by atoms with E-state index < -0.39 is 0 Å². The molecule has 0 bridgehead atoms. The van der Waals surface area contributed by atoms with Gasteiger partial charge in [-0.3, -0.25) is 0 Å². The third kappa shape index (κ3) is 1.68. The van der Waals surface area contributed by atoms with Crippen molar-refractivity contribution in [2.45, 2.75) is 32.6 Å². The van der Waals surface area contributed by atoms with Crippen LogP contribution in [0.2, 0.25) is 0 Å². The fraction of sp³-hybridized carbons (Fsp3) is 0.636. The number of rotatable bonds is 1. The predicted octanol–water partition coefficient (Wildman–Crippen LogP) is 1.02. The molecule has 0 aliphatic carbocycles. The summed E-state index contributed by atoms with van der Waals surface area (Å²) in [6, 6.07) is 0. The Labute approximate surface area is 100 Å². The molecule has 1 aromatic rings. The van der Waals surface area contributed by atoms with E-state index in [1.165, 1.54) is 0 Å². The van der Waals surface area contributed by atoms with Crippen LogP contribution in [0.5, 0.6) is 0 Å². The van der Waals surface area contributed by atoms with Crippen LogP contribution in [0.25, 0.3) is 0 Å². The first-order valence-electron chi connectivity index (χ1n) is 5.93. The van der Waals surface area contributed by atoms with Gasteiger partial charge in [0.1, 0.15) is 6.23 Å². The lowest BCUT2D eigenvalue weighted by atomic mass is 10.1. The minimum Gasteiger partial charge on any atom is -0.368 e. The van der Waals surface area contributed by atoms with Crippen molar-refractivity contribution in [3.63, 3.8) is 0 Å². The highest BCUT2D eigenvalue weighted by molar-refractivity contribution is 5.71. The maximum atomic E-state index is 5.94. The monoisotopic (exact) mass is 235 g/mol. The van der Waals surface area contributed by atoms with Gasteiger partial charge in [-0.25, -0.2) is 4.98 Å². The zero-order valence-corrected chi connectivity index (χ0v) is 10.1. The van der Waals surface area contributed by atoms with Gasteiger partial charge < -0.3 is 20.7 Å². The Bertz CT molecular complexity index is 438. The largest absolute Gasteiger partial charge is 0.368 e. The van der Waals surface area contributed by atoms with E-state index in [1.807, 2.05) is 0 Å². The third-order valence-corrected chi connectivity index (χ3v) is 3.37. The molecule has 3 rings (SSSR count). The Morgan fingerprint density at radius 2 is 2.35 bits per heavy atom. The van der Waals surface area contributed by atoms with E-state index in [0.717, 1.165) is 17.9 Å². The second kappa shape index (κ2) is 3.73. The van der Waals surface area contributed by atoms with E-state index in [4.69, 9.17) is 10.5 Å². The number of nitrogens with two attached hydrogens (primary N) is 1. The van der Waals surface area contributed by atoms with Crippen molar-refractivity contribution in [1.29, 1.82) is 0 Å². The van der Waals surface area contributed by atoms with Gasteiger partial charge in [0.05, 0.1) is 24.7 Å². The summed E-state index contributed by atoms with van der Waals surface area (Å²) < 4.78 is 5.94. The number of ether oxygens (including phenoxy) is 1. The van der Waals surface area contributed by atoms with Gasteiger partial charge in [0.2, 0.25) is 5.95 Å². The maximum absolute atomic E-state index is 5.94. The number of hydrogen-bond acceptors (Lipinski definition) is 6. The van der Waals surface area contributed by atoms with Crippen LogP contribution in [0.15, 0.2) is 6.20 Å². The summed E-state index contributed by atoms with van der Waals surface area (Å²) in [6.45, 7) is 5.02. The third-order valence-electron chi connectivity index (χ3n) is 3.37. The molecule has 1 aromatic heterocycles. The molecule has 92 valence electrons. The normalized spacial score (nSPS) is 31.4. The van der Waals surface area contributed by atoms with Gasteiger partial charge in [0.25, 0.3) is 0 Å². The van der Waals surface area contributed by atoms with Crippen molar-refractivity contribution in [2.24, 2.45) is 5.92 Å². The van der Waals surface area contributed by atoms with Crippen LogP contribution in [-0.2, 0) is 4.74 Å². The Morgan fingerprint density at radius 3 is 3.06 bits per heavy atom. The Balaban J connectivity index is 1.90. The highest BCUT2D eigenvalue weighted by Gasteiger charge is 2.37. The van der Waals surface area contributed by atoms with Crippen molar-refractivity contribution in [3.8, 4) is 0 Å². The average molecular weight is 235 g/mol. The van der Waals surface area contributed by atoms with Crippen molar-refractivity contribution < 1.29 is 4.74 Å². The minimum absolute atomic E-state index is 0.0769. The number of nitrogens with zero attached hydrogens (tertiary/aromatic N) is 3. The van der Waals surface area contributed by atoms with Crippen molar-refractivity contribution >= 4 is 17.5 Å². The summed E-state index contributed by atoms with van der Waals surface area (Å²) in [5.41, 5.74) is 6.56. The van der Waals surface area contributed by atoms with Crippen molar-refractivity contribution in [3.05, 3.63) is 6.20 Å². The van der Waals surface area contributed by atoms with Gasteiger partial charge in [0, 0.05) is 5.92 Å². The molecule has 3 atom stereocenters. The molecule has 0 saturated carbocycles. The van der Waals surface area contributed by atoms with E-state index in [0.29, 0.717) is 24.6 Å². The van der Waals surface area contributed by atoms with Crippen LogP contribution in [0.3, 0.4) is 0 Å². The van der Waals surface area contributed by atoms with Crippen LogP contribution in [0.4, 0.5) is 17.5 Å². The molecule has 0 spiro atoms. The summed E-state index contributed by atoms with van der Waals surface area (Å²) in [5.74, 6) is 1.65. The lowest BCUT2D eigenvalue weighted by Gasteiger charge is -2.27. The molecule has 3 heterocycles. The number of nitrogen functional groups attached to an aromatic ring is 1. The van der Waals surface area contributed by atoms with Crippen LogP contribution in [-0.4, -0.2) is 29.0 Å². The topological polar surface area (TPSA) is 76.3 Å². The fourth-order valence-corrected chi connectivity index (χ4v) is 2.63. The number of aromatic nitrogens is 2. The van der Waals surface area contributed by atoms with Crippen LogP contribution in [0.1, 0.15) is 20.3 Å². The zero-order valence-electron chi connectivity index (χ0n) is 10.1. The summed E-state index contributed by atoms with van der Waals surface area (Å²) in [5, 5.41) is 3.26. The Hall–Kier alpha value is -1.56. The van der Waals surface area contributed by atoms with E-state index in [-0.39, 0.29) is 6.23 Å². The van der Waals surface area contributed by atoms with E-state index in [2.05, 4.69) is 34.0 Å². The summed E-state index contributed by atoms with van der Waals surface area (Å²) in [4.78, 5) is 10.4. The molecule has 0 radical (unpaired) electrons. The maximum Gasteiger partial charge on any atom is 0.222 e. The molecular weight excluding hydrogens is 218 g/mol. The molecule has 2 unspecified atom stereocenters. The summed E-state index contributed by atoms with van der Waals surface area (Å²) in [6.07, 6.45) is 3.18. The van der Waals surface area contributed by atoms with Gasteiger partial charge in [-0.05, 0) is 13.3 Å². The van der Waals surface area contributed by atoms with Crippen LogP contribution in [0, 0.1) is 5.92 Å². The molecule has 0 amide bonds. The highest BCUT2D eigenvalue weighted by Crippen LogP contribution is 2.36. The molecule has 2 aliphatic rings. The van der Waals surface area contributed by atoms with Gasteiger partial charge >= 0.3 is 0 Å². The van der Waals surface area contributed by atoms with Crippen LogP contribution >= 0.6 is 0 Å². The average Bonchev–Trinajstić information content (AvgIpc) is 2.81. The first-order valence-corrected chi connectivity index (χ1v) is 5.93. The summed E-state index contributed by atoms with van der Waals surface area (Å²) >= 11 is 0. The molecule has 1 saturated heterocycles. The predicted molar refractivity (Wildman–Crippen MR) is 65.5 cm³/mol. The number of hydrogen-bond donors (Lipinski definition) is 2. The minimum atomic E-state index is 0.0769. The highest BCUT2D eigenvalue weighted by atomic mass is 16.5. The van der Waals surface area contributed by atoms with Crippen molar-refractivity contribution in [1.82, 2.24) is 9.97 Å². The molecule has 1 fully saturated rings. The first kappa shape index (κ1) is 10.6. The second-order valence-corrected chi connectivity index (χ2v) is 4.82. The standard InChI is InChI=1S/C11H17N5O/c1-6-3-7(2)17-10(6)16-5-14-8-4-13-11(12)15-9(8)16/h4,6-7,10,14H,3,5H2,1-2H3,(H2,12,13,15)/t6-,7?,10?/m0/s1. The molecule has 3 N–H and O–H groups in total. The van der Waals surface area contributed by atoms with E-state index in [1.54, 1.807) is 6.20 Å². The number of fused-ring (bicyclic) bond motifs is 1. The van der Waals surface area contributed by atoms with Gasteiger partial charge in [-0.2, -0.15) is 4.98 Å². The number of anilines is 3.